The third-order valence-electron chi connectivity index (χ3n) is 5.61. The van der Waals surface area contributed by atoms with E-state index in [4.69, 9.17) is 0 Å². The number of urea groups is 1. The van der Waals surface area contributed by atoms with Crippen molar-refractivity contribution in [3.63, 3.8) is 0 Å². The third-order valence-corrected chi connectivity index (χ3v) is 5.61. The molecule has 3 atom stereocenters. The molecule has 3 rings (SSSR count). The average Bonchev–Trinajstić information content (AvgIpc) is 3.10. The molecular weight excluding hydrogens is 324 g/mol. The topological polar surface area (TPSA) is 47.6 Å². The lowest BCUT2D eigenvalue weighted by molar-refractivity contribution is 0.169. The van der Waals surface area contributed by atoms with Crippen LogP contribution in [0.25, 0.3) is 0 Å². The smallest absolute Gasteiger partial charge is 0.315 e. The highest BCUT2D eigenvalue weighted by molar-refractivity contribution is 5.74. The maximum absolute atomic E-state index is 12.2. The molecule has 1 aromatic carbocycles. The summed E-state index contributed by atoms with van der Waals surface area (Å²) < 4.78 is 0. The monoisotopic (exact) mass is 358 g/mol. The van der Waals surface area contributed by atoms with Gasteiger partial charge in [0.25, 0.3) is 0 Å². The Morgan fingerprint density at radius 2 is 2.00 bits per heavy atom. The quantitative estimate of drug-likeness (QED) is 0.822. The number of piperidine rings is 1. The molecule has 2 aliphatic rings. The van der Waals surface area contributed by atoms with E-state index in [1.54, 1.807) is 0 Å². The Balaban J connectivity index is 1.34. The minimum Gasteiger partial charge on any atom is -0.371 e. The van der Waals surface area contributed by atoms with E-state index in [-0.39, 0.29) is 12.1 Å². The van der Waals surface area contributed by atoms with E-state index < -0.39 is 0 Å². The first-order valence-corrected chi connectivity index (χ1v) is 10.2. The molecule has 2 saturated heterocycles. The molecule has 2 amide bonds. The first-order valence-electron chi connectivity index (χ1n) is 10.2. The van der Waals surface area contributed by atoms with Gasteiger partial charge in [-0.3, -0.25) is 0 Å². The molecule has 0 unspecified atom stereocenters. The van der Waals surface area contributed by atoms with Crippen molar-refractivity contribution in [2.75, 3.05) is 44.2 Å². The summed E-state index contributed by atoms with van der Waals surface area (Å²) in [6, 6.07) is 10.7. The molecule has 144 valence electrons. The molecule has 0 aromatic heterocycles. The van der Waals surface area contributed by atoms with Crippen LogP contribution in [0.5, 0.6) is 0 Å². The fourth-order valence-electron chi connectivity index (χ4n) is 4.27. The molecule has 0 radical (unpaired) electrons. The molecule has 0 saturated carbocycles. The maximum Gasteiger partial charge on any atom is 0.315 e. The van der Waals surface area contributed by atoms with Crippen molar-refractivity contribution in [1.29, 1.82) is 0 Å². The van der Waals surface area contributed by atoms with Crippen LogP contribution in [-0.2, 0) is 0 Å². The molecule has 0 bridgehead atoms. The van der Waals surface area contributed by atoms with Crippen molar-refractivity contribution >= 4 is 11.7 Å². The number of likely N-dealkylation sites (tertiary alicyclic amines) is 1. The summed E-state index contributed by atoms with van der Waals surface area (Å²) in [5.41, 5.74) is 1.28. The zero-order valence-corrected chi connectivity index (χ0v) is 16.3. The van der Waals surface area contributed by atoms with E-state index in [2.05, 4.69) is 64.6 Å². The van der Waals surface area contributed by atoms with Gasteiger partial charge in [0, 0.05) is 44.5 Å². The summed E-state index contributed by atoms with van der Waals surface area (Å²) in [7, 11) is 0. The standard InChI is InChI=1S/C21H34N4O/c1-17-7-6-11-24(14-17)15-18(2)23-21(26)22-13-19-10-12-25(16-19)20-8-4-3-5-9-20/h3-5,8-9,17-19H,6-7,10-16H2,1-2H3,(H2,22,23,26)/t17-,18-,19-/m1/s1. The molecule has 1 aromatic rings. The van der Waals surface area contributed by atoms with Crippen LogP contribution >= 0.6 is 0 Å². The van der Waals surface area contributed by atoms with Gasteiger partial charge in [-0.2, -0.15) is 0 Å². The normalized spacial score (nSPS) is 25.1. The Morgan fingerprint density at radius 3 is 2.77 bits per heavy atom. The van der Waals surface area contributed by atoms with Gasteiger partial charge in [-0.25, -0.2) is 4.79 Å². The number of hydrogen-bond donors (Lipinski definition) is 2. The minimum atomic E-state index is -0.0271. The Bertz CT molecular complexity index is 564. The van der Waals surface area contributed by atoms with E-state index in [0.717, 1.165) is 51.6 Å². The number of hydrogen-bond acceptors (Lipinski definition) is 3. The van der Waals surface area contributed by atoms with Gasteiger partial charge >= 0.3 is 6.03 Å². The van der Waals surface area contributed by atoms with E-state index in [1.807, 2.05) is 0 Å². The highest BCUT2D eigenvalue weighted by Gasteiger charge is 2.23. The van der Waals surface area contributed by atoms with Crippen LogP contribution in [0.1, 0.15) is 33.1 Å². The third kappa shape index (κ3) is 5.63. The van der Waals surface area contributed by atoms with Crippen LogP contribution < -0.4 is 15.5 Å². The van der Waals surface area contributed by atoms with E-state index in [1.165, 1.54) is 18.5 Å². The molecule has 2 fully saturated rings. The highest BCUT2D eigenvalue weighted by atomic mass is 16.2. The van der Waals surface area contributed by atoms with Crippen LogP contribution in [0, 0.1) is 11.8 Å². The van der Waals surface area contributed by atoms with Gasteiger partial charge in [0.05, 0.1) is 0 Å². The zero-order chi connectivity index (χ0) is 18.4. The van der Waals surface area contributed by atoms with E-state index >= 15 is 0 Å². The number of para-hydroxylation sites is 1. The predicted molar refractivity (Wildman–Crippen MR) is 108 cm³/mol. The predicted octanol–water partition coefficient (Wildman–Crippen LogP) is 2.93. The number of nitrogens with one attached hydrogen (secondary N) is 2. The van der Waals surface area contributed by atoms with Gasteiger partial charge in [0.1, 0.15) is 0 Å². The van der Waals surface area contributed by atoms with Crippen molar-refractivity contribution in [2.45, 2.75) is 39.2 Å². The summed E-state index contributed by atoms with van der Waals surface area (Å²) in [5.74, 6) is 1.30. The summed E-state index contributed by atoms with van der Waals surface area (Å²) >= 11 is 0. The van der Waals surface area contributed by atoms with Crippen LogP contribution in [0.4, 0.5) is 10.5 Å². The highest BCUT2D eigenvalue weighted by Crippen LogP contribution is 2.22. The molecule has 2 N–H and O–H groups in total. The van der Waals surface area contributed by atoms with E-state index in [9.17, 15) is 4.79 Å². The molecule has 2 aliphatic heterocycles. The Kier molecular flexibility index (Phi) is 6.78. The Morgan fingerprint density at radius 1 is 1.19 bits per heavy atom. The van der Waals surface area contributed by atoms with E-state index in [0.29, 0.717) is 5.92 Å². The van der Waals surface area contributed by atoms with Crippen molar-refractivity contribution in [3.05, 3.63) is 30.3 Å². The summed E-state index contributed by atoms with van der Waals surface area (Å²) in [4.78, 5) is 17.1. The number of carbonyl (C=O) groups excluding carboxylic acids is 1. The van der Waals surface area contributed by atoms with Gasteiger partial charge < -0.3 is 20.4 Å². The SMILES string of the molecule is C[C@@H]1CCCN(C[C@@H](C)NC(=O)NC[C@H]2CCN(c3ccccc3)C2)C1. The summed E-state index contributed by atoms with van der Waals surface area (Å²) in [5, 5.41) is 6.18. The molecule has 5 heteroatoms. The van der Waals surface area contributed by atoms with Gasteiger partial charge in [-0.05, 0) is 56.7 Å². The Hall–Kier alpha value is -1.75. The molecule has 5 nitrogen and oxygen atoms in total. The number of carbonyl (C=O) groups is 1. The molecule has 2 heterocycles. The summed E-state index contributed by atoms with van der Waals surface area (Å²) in [6.45, 7) is 10.5. The number of rotatable bonds is 6. The largest absolute Gasteiger partial charge is 0.371 e. The molecule has 0 aliphatic carbocycles. The number of amides is 2. The lowest BCUT2D eigenvalue weighted by atomic mass is 10.00. The number of nitrogens with zero attached hydrogens (tertiary/aromatic N) is 2. The van der Waals surface area contributed by atoms with Crippen molar-refractivity contribution in [3.8, 4) is 0 Å². The average molecular weight is 359 g/mol. The van der Waals surface area contributed by atoms with Gasteiger partial charge in [-0.15, -0.1) is 0 Å². The first kappa shape index (κ1) is 19.0. The van der Waals surface area contributed by atoms with Crippen molar-refractivity contribution in [1.82, 2.24) is 15.5 Å². The second kappa shape index (κ2) is 9.26. The van der Waals surface area contributed by atoms with Crippen molar-refractivity contribution in [2.24, 2.45) is 11.8 Å². The Labute approximate surface area is 158 Å². The summed E-state index contributed by atoms with van der Waals surface area (Å²) in [6.07, 6.45) is 3.75. The molecular formula is C21H34N4O. The van der Waals surface area contributed by atoms with Crippen LogP contribution in [-0.4, -0.2) is 56.2 Å². The lowest BCUT2D eigenvalue weighted by Gasteiger charge is -2.32. The lowest BCUT2D eigenvalue weighted by Crippen LogP contribution is -2.48. The first-order chi connectivity index (χ1) is 12.6. The zero-order valence-electron chi connectivity index (χ0n) is 16.3. The second-order valence-electron chi connectivity index (χ2n) is 8.20. The number of anilines is 1. The van der Waals surface area contributed by atoms with Crippen LogP contribution in [0.2, 0.25) is 0 Å². The number of benzene rings is 1. The van der Waals surface area contributed by atoms with Gasteiger partial charge in [0.2, 0.25) is 0 Å². The van der Waals surface area contributed by atoms with Gasteiger partial charge in [0.15, 0.2) is 0 Å². The molecule has 26 heavy (non-hydrogen) atoms. The fourth-order valence-corrected chi connectivity index (χ4v) is 4.27. The van der Waals surface area contributed by atoms with Crippen molar-refractivity contribution < 1.29 is 4.79 Å². The fraction of sp³-hybridized carbons (Fsp3) is 0.667. The maximum atomic E-state index is 12.2. The molecule has 0 spiro atoms. The minimum absolute atomic E-state index is 0.0271. The van der Waals surface area contributed by atoms with Gasteiger partial charge in [-0.1, -0.05) is 25.1 Å². The van der Waals surface area contributed by atoms with Crippen LogP contribution in [0.3, 0.4) is 0 Å². The second-order valence-corrected chi connectivity index (χ2v) is 8.20. The van der Waals surface area contributed by atoms with Crippen LogP contribution in [0.15, 0.2) is 30.3 Å².